The molecule has 2 rings (SSSR count). The van der Waals surface area contributed by atoms with E-state index in [1.165, 1.54) is 13.2 Å². The number of benzene rings is 2. The van der Waals surface area contributed by atoms with Gasteiger partial charge in [-0.25, -0.2) is 4.39 Å². The number of alkyl halides is 1. The van der Waals surface area contributed by atoms with Crippen molar-refractivity contribution in [2.75, 3.05) is 14.2 Å². The van der Waals surface area contributed by atoms with Crippen molar-refractivity contribution in [3.63, 3.8) is 0 Å². The Labute approximate surface area is 140 Å². The first-order valence-electron chi connectivity index (χ1n) is 5.99. The summed E-state index contributed by atoms with van der Waals surface area (Å²) in [6, 6.07) is 8.15. The summed E-state index contributed by atoms with van der Waals surface area (Å²) in [5.41, 5.74) is 0.882. The van der Waals surface area contributed by atoms with E-state index in [1.54, 1.807) is 31.4 Å². The Morgan fingerprint density at radius 1 is 1.10 bits per heavy atom. The lowest BCUT2D eigenvalue weighted by molar-refractivity contribution is 0.397. The van der Waals surface area contributed by atoms with Crippen molar-refractivity contribution < 1.29 is 13.9 Å². The Balaban J connectivity index is 2.56. The Hall–Kier alpha value is -0.970. The van der Waals surface area contributed by atoms with E-state index >= 15 is 0 Å². The number of hydrogen-bond acceptors (Lipinski definition) is 2. The molecule has 0 aliphatic carbocycles. The summed E-state index contributed by atoms with van der Waals surface area (Å²) in [6.07, 6.45) is 0. The summed E-state index contributed by atoms with van der Waals surface area (Å²) in [6.45, 7) is 0. The van der Waals surface area contributed by atoms with Crippen LogP contribution in [0.1, 0.15) is 16.5 Å². The molecule has 0 fully saturated rings. The second-order valence-electron chi connectivity index (χ2n) is 4.23. The van der Waals surface area contributed by atoms with Crippen LogP contribution < -0.4 is 9.47 Å². The lowest BCUT2D eigenvalue weighted by Gasteiger charge is -2.17. The van der Waals surface area contributed by atoms with E-state index in [0.29, 0.717) is 17.1 Å². The monoisotopic (exact) mass is 392 g/mol. The highest BCUT2D eigenvalue weighted by atomic mass is 79.9. The van der Waals surface area contributed by atoms with Crippen LogP contribution in [0.25, 0.3) is 0 Å². The van der Waals surface area contributed by atoms with E-state index in [1.807, 2.05) is 0 Å². The summed E-state index contributed by atoms with van der Waals surface area (Å²) in [4.78, 5) is 0. The van der Waals surface area contributed by atoms with Crippen LogP contribution in [-0.4, -0.2) is 14.2 Å². The van der Waals surface area contributed by atoms with E-state index in [2.05, 4.69) is 15.9 Å². The molecule has 21 heavy (non-hydrogen) atoms. The van der Waals surface area contributed by atoms with Gasteiger partial charge in [0.05, 0.1) is 29.1 Å². The molecule has 1 unspecified atom stereocenters. The number of hydrogen-bond donors (Lipinski definition) is 0. The van der Waals surface area contributed by atoms with Crippen molar-refractivity contribution in [1.82, 2.24) is 0 Å². The highest BCUT2D eigenvalue weighted by Gasteiger charge is 2.22. The van der Waals surface area contributed by atoms with Crippen LogP contribution in [0, 0.1) is 5.82 Å². The lowest BCUT2D eigenvalue weighted by atomic mass is 10.0. The van der Waals surface area contributed by atoms with Gasteiger partial charge in [-0.3, -0.25) is 0 Å². The zero-order chi connectivity index (χ0) is 15.6. The van der Waals surface area contributed by atoms with Crippen molar-refractivity contribution in [3.8, 4) is 11.5 Å². The van der Waals surface area contributed by atoms with Crippen LogP contribution in [0.5, 0.6) is 11.5 Å². The van der Waals surface area contributed by atoms with Crippen LogP contribution >= 0.6 is 39.1 Å². The molecule has 0 amide bonds. The average molecular weight is 394 g/mol. The van der Waals surface area contributed by atoms with Gasteiger partial charge in [-0.15, -0.1) is 11.6 Å². The summed E-state index contributed by atoms with van der Waals surface area (Å²) in [5.74, 6) is 0.573. The summed E-state index contributed by atoms with van der Waals surface area (Å²) in [5, 5.41) is -0.721. The molecule has 0 aromatic heterocycles. The molecule has 0 aliphatic rings. The fraction of sp³-hybridized carbons (Fsp3) is 0.200. The summed E-state index contributed by atoms with van der Waals surface area (Å²) < 4.78 is 25.4. The minimum Gasteiger partial charge on any atom is -0.496 e. The van der Waals surface area contributed by atoms with Gasteiger partial charge in [0.2, 0.25) is 0 Å². The minimum atomic E-state index is -0.749. The third kappa shape index (κ3) is 3.28. The van der Waals surface area contributed by atoms with Crippen LogP contribution in [0.15, 0.2) is 34.8 Å². The first-order chi connectivity index (χ1) is 9.99. The van der Waals surface area contributed by atoms with E-state index in [4.69, 9.17) is 32.7 Å². The van der Waals surface area contributed by atoms with Crippen molar-refractivity contribution >= 4 is 39.1 Å². The normalized spacial score (nSPS) is 12.1. The van der Waals surface area contributed by atoms with Crippen molar-refractivity contribution in [2.24, 2.45) is 0 Å². The smallest absolute Gasteiger partial charge is 0.146 e. The molecule has 2 aromatic rings. The molecular formula is C15H12BrCl2FO2. The molecule has 0 saturated heterocycles. The molecule has 0 bridgehead atoms. The van der Waals surface area contributed by atoms with Crippen molar-refractivity contribution in [2.45, 2.75) is 5.38 Å². The third-order valence-corrected chi connectivity index (χ3v) is 4.41. The lowest BCUT2D eigenvalue weighted by Crippen LogP contribution is -2.01. The van der Waals surface area contributed by atoms with Crippen LogP contribution in [0.3, 0.4) is 0 Å². The SMILES string of the molecule is COc1cc(C(Cl)c2cccc(Cl)c2F)c(OC)cc1Br. The second-order valence-corrected chi connectivity index (χ2v) is 5.93. The standard InChI is InChI=1S/C15H12BrCl2FO2/c1-20-12-7-10(16)13(21-2)6-9(12)14(18)8-4-3-5-11(17)15(8)19/h3-7,14H,1-2H3. The molecular weight excluding hydrogens is 382 g/mol. The molecule has 0 aliphatic heterocycles. The fourth-order valence-corrected chi connectivity index (χ4v) is 2.97. The molecule has 0 N–H and O–H groups in total. The maximum Gasteiger partial charge on any atom is 0.146 e. The van der Waals surface area contributed by atoms with Gasteiger partial charge in [0.1, 0.15) is 17.3 Å². The highest BCUT2D eigenvalue weighted by Crippen LogP contribution is 2.42. The van der Waals surface area contributed by atoms with Crippen LogP contribution in [0.2, 0.25) is 5.02 Å². The van der Waals surface area contributed by atoms with Crippen molar-refractivity contribution in [1.29, 1.82) is 0 Å². The fourth-order valence-electron chi connectivity index (χ4n) is 1.97. The van der Waals surface area contributed by atoms with E-state index < -0.39 is 11.2 Å². The Morgan fingerprint density at radius 2 is 1.76 bits per heavy atom. The molecule has 1 atom stereocenters. The molecule has 0 radical (unpaired) electrons. The second kappa shape index (κ2) is 6.86. The third-order valence-electron chi connectivity index (χ3n) is 3.03. The predicted octanol–water partition coefficient (Wildman–Crippen LogP) is 5.59. The molecule has 0 saturated carbocycles. The zero-order valence-electron chi connectivity index (χ0n) is 11.3. The minimum absolute atomic E-state index is 0.0289. The van der Waals surface area contributed by atoms with Gasteiger partial charge in [-0.1, -0.05) is 23.7 Å². The Kier molecular flexibility index (Phi) is 5.36. The zero-order valence-corrected chi connectivity index (χ0v) is 14.4. The van der Waals surface area contributed by atoms with Crippen LogP contribution in [0.4, 0.5) is 4.39 Å². The molecule has 0 spiro atoms. The number of halogens is 4. The Morgan fingerprint density at radius 3 is 2.38 bits per heavy atom. The van der Waals surface area contributed by atoms with Gasteiger partial charge in [0, 0.05) is 11.1 Å². The average Bonchev–Trinajstić information content (AvgIpc) is 2.49. The van der Waals surface area contributed by atoms with E-state index in [9.17, 15) is 4.39 Å². The maximum absolute atomic E-state index is 14.1. The summed E-state index contributed by atoms with van der Waals surface area (Å²) in [7, 11) is 3.06. The molecule has 112 valence electrons. The number of rotatable bonds is 4. The van der Waals surface area contributed by atoms with E-state index in [0.717, 1.165) is 4.47 Å². The first kappa shape index (κ1) is 16.4. The van der Waals surface area contributed by atoms with Crippen LogP contribution in [-0.2, 0) is 0 Å². The van der Waals surface area contributed by atoms with Gasteiger partial charge in [0.15, 0.2) is 0 Å². The number of ether oxygens (including phenoxy) is 2. The van der Waals surface area contributed by atoms with E-state index in [-0.39, 0.29) is 10.6 Å². The van der Waals surface area contributed by atoms with Gasteiger partial charge in [0.25, 0.3) is 0 Å². The largest absolute Gasteiger partial charge is 0.496 e. The first-order valence-corrected chi connectivity index (χ1v) is 7.59. The topological polar surface area (TPSA) is 18.5 Å². The van der Waals surface area contributed by atoms with Gasteiger partial charge in [-0.2, -0.15) is 0 Å². The van der Waals surface area contributed by atoms with Gasteiger partial charge >= 0.3 is 0 Å². The Bertz CT molecular complexity index is 664. The van der Waals surface area contributed by atoms with Gasteiger partial charge < -0.3 is 9.47 Å². The molecule has 0 heterocycles. The maximum atomic E-state index is 14.1. The molecule has 2 aromatic carbocycles. The van der Waals surface area contributed by atoms with Gasteiger partial charge in [-0.05, 0) is 34.1 Å². The highest BCUT2D eigenvalue weighted by molar-refractivity contribution is 9.10. The molecule has 6 heteroatoms. The summed E-state index contributed by atoms with van der Waals surface area (Å²) >= 11 is 15.6. The number of methoxy groups -OCH3 is 2. The van der Waals surface area contributed by atoms with Crippen molar-refractivity contribution in [3.05, 3.63) is 56.8 Å². The predicted molar refractivity (Wildman–Crippen MR) is 86.4 cm³/mol. The molecule has 2 nitrogen and oxygen atoms in total. The quantitative estimate of drug-likeness (QED) is 0.630.